The Hall–Kier alpha value is -2.41. The Labute approximate surface area is 106 Å². The fraction of sp³-hybridized carbons (Fsp3) is 0.214. The minimum absolute atomic E-state index is 0.222. The Kier molecular flexibility index (Phi) is 3.54. The molecule has 1 heterocycles. The first kappa shape index (κ1) is 12.1. The van der Waals surface area contributed by atoms with Gasteiger partial charge in [0.05, 0.1) is 6.20 Å². The quantitative estimate of drug-likeness (QED) is 0.816. The van der Waals surface area contributed by atoms with Crippen LogP contribution in [0, 0.1) is 11.3 Å². The van der Waals surface area contributed by atoms with Crippen LogP contribution in [0.4, 0.5) is 5.82 Å². The fourth-order valence-electron chi connectivity index (χ4n) is 1.66. The van der Waals surface area contributed by atoms with Crippen molar-refractivity contribution in [2.24, 2.45) is 0 Å². The number of nitrogens with zero attached hydrogens (tertiary/aromatic N) is 3. The molecule has 0 fully saturated rings. The molecule has 0 unspecified atom stereocenters. The van der Waals surface area contributed by atoms with Crippen molar-refractivity contribution in [3.05, 3.63) is 47.5 Å². The van der Waals surface area contributed by atoms with Crippen molar-refractivity contribution in [3.8, 4) is 6.07 Å². The second-order valence-electron chi connectivity index (χ2n) is 4.18. The predicted octanol–water partition coefficient (Wildman–Crippen LogP) is 2.61. The van der Waals surface area contributed by atoms with Gasteiger partial charge in [0.25, 0.3) is 0 Å². The molecule has 1 aliphatic carbocycles. The number of allylic oxidation sites excluding steroid dienone is 6. The highest BCUT2D eigenvalue weighted by Gasteiger charge is 2.06. The van der Waals surface area contributed by atoms with Crippen LogP contribution in [0.15, 0.2) is 36.1 Å². The lowest BCUT2D eigenvalue weighted by Gasteiger charge is -2.05. The van der Waals surface area contributed by atoms with Crippen LogP contribution in [0.1, 0.15) is 31.2 Å². The lowest BCUT2D eigenvalue weighted by Crippen LogP contribution is -2.01. The summed E-state index contributed by atoms with van der Waals surface area (Å²) < 4.78 is 0. The van der Waals surface area contributed by atoms with Crippen LogP contribution in [0.2, 0.25) is 0 Å². The van der Waals surface area contributed by atoms with Gasteiger partial charge in [-0.2, -0.15) is 5.26 Å². The zero-order valence-corrected chi connectivity index (χ0v) is 10.2. The molecule has 90 valence electrons. The van der Waals surface area contributed by atoms with Crippen molar-refractivity contribution in [2.45, 2.75) is 19.8 Å². The van der Waals surface area contributed by atoms with Gasteiger partial charge < -0.3 is 5.73 Å². The molecule has 0 saturated heterocycles. The molecule has 2 N–H and O–H groups in total. The molecule has 1 aromatic heterocycles. The molecule has 0 amide bonds. The van der Waals surface area contributed by atoms with Crippen molar-refractivity contribution >= 4 is 11.4 Å². The molecule has 0 bridgehead atoms. The van der Waals surface area contributed by atoms with Gasteiger partial charge >= 0.3 is 0 Å². The van der Waals surface area contributed by atoms with E-state index >= 15 is 0 Å². The molecular weight excluding hydrogens is 224 g/mol. The summed E-state index contributed by atoms with van der Waals surface area (Å²) >= 11 is 0. The molecule has 0 saturated carbocycles. The van der Waals surface area contributed by atoms with Gasteiger partial charge in [0.1, 0.15) is 17.5 Å². The summed E-state index contributed by atoms with van der Waals surface area (Å²) in [5, 5.41) is 8.79. The van der Waals surface area contributed by atoms with Crippen LogP contribution >= 0.6 is 0 Å². The van der Waals surface area contributed by atoms with Crippen LogP contribution in [-0.4, -0.2) is 9.97 Å². The normalized spacial score (nSPS) is 15.1. The number of hydrogen-bond donors (Lipinski definition) is 1. The van der Waals surface area contributed by atoms with E-state index in [1.807, 2.05) is 18.2 Å². The van der Waals surface area contributed by atoms with Gasteiger partial charge in [0.2, 0.25) is 0 Å². The number of aromatic nitrogens is 2. The van der Waals surface area contributed by atoms with Gasteiger partial charge in [-0.15, -0.1) is 0 Å². The smallest absolute Gasteiger partial charge is 0.161 e. The first-order valence-corrected chi connectivity index (χ1v) is 5.77. The van der Waals surface area contributed by atoms with E-state index in [4.69, 9.17) is 11.0 Å². The standard InChI is InChI=1S/C14H14N4/c1-10-4-2-3-5-11(7-6-10)14-17-9-12(8-15)13(16)18-14/h3,5-7,9H,2,4H2,1H3,(H2,16,17,18). The molecule has 0 radical (unpaired) electrons. The second-order valence-corrected chi connectivity index (χ2v) is 4.18. The maximum atomic E-state index is 8.79. The van der Waals surface area contributed by atoms with E-state index in [-0.39, 0.29) is 5.82 Å². The van der Waals surface area contributed by atoms with E-state index in [1.54, 1.807) is 0 Å². The maximum Gasteiger partial charge on any atom is 0.161 e. The summed E-state index contributed by atoms with van der Waals surface area (Å²) in [4.78, 5) is 8.33. The summed E-state index contributed by atoms with van der Waals surface area (Å²) in [6.07, 6.45) is 11.7. The van der Waals surface area contributed by atoms with Crippen LogP contribution < -0.4 is 5.73 Å². The van der Waals surface area contributed by atoms with Gasteiger partial charge in [-0.3, -0.25) is 0 Å². The van der Waals surface area contributed by atoms with E-state index in [0.717, 1.165) is 18.4 Å². The van der Waals surface area contributed by atoms with Gasteiger partial charge in [0.15, 0.2) is 5.82 Å². The molecule has 0 aliphatic heterocycles. The van der Waals surface area contributed by atoms with Crippen molar-refractivity contribution in [2.75, 3.05) is 5.73 Å². The lowest BCUT2D eigenvalue weighted by atomic mass is 10.1. The summed E-state index contributed by atoms with van der Waals surface area (Å²) in [6, 6.07) is 1.96. The summed E-state index contributed by atoms with van der Waals surface area (Å²) in [5.41, 5.74) is 8.23. The van der Waals surface area contributed by atoms with Crippen molar-refractivity contribution in [3.63, 3.8) is 0 Å². The van der Waals surface area contributed by atoms with E-state index in [9.17, 15) is 0 Å². The second kappa shape index (κ2) is 5.28. The molecule has 18 heavy (non-hydrogen) atoms. The van der Waals surface area contributed by atoms with Crippen molar-refractivity contribution in [1.82, 2.24) is 9.97 Å². The molecule has 4 heteroatoms. The largest absolute Gasteiger partial charge is 0.382 e. The summed E-state index contributed by atoms with van der Waals surface area (Å²) in [5.74, 6) is 0.772. The fourth-order valence-corrected chi connectivity index (χ4v) is 1.66. The Morgan fingerprint density at radius 1 is 1.39 bits per heavy atom. The summed E-state index contributed by atoms with van der Waals surface area (Å²) in [6.45, 7) is 2.10. The molecule has 0 spiro atoms. The third-order valence-corrected chi connectivity index (χ3v) is 2.75. The Morgan fingerprint density at radius 3 is 2.94 bits per heavy atom. The van der Waals surface area contributed by atoms with Gasteiger partial charge in [-0.05, 0) is 19.8 Å². The molecule has 4 nitrogen and oxygen atoms in total. The minimum atomic E-state index is 0.222. The van der Waals surface area contributed by atoms with Crippen LogP contribution in [-0.2, 0) is 0 Å². The number of anilines is 1. The molecule has 0 atom stereocenters. The van der Waals surface area contributed by atoms with Gasteiger partial charge in [-0.25, -0.2) is 9.97 Å². The summed E-state index contributed by atoms with van der Waals surface area (Å²) in [7, 11) is 0. The number of nitrogens with two attached hydrogens (primary N) is 1. The van der Waals surface area contributed by atoms with Crippen LogP contribution in [0.25, 0.3) is 5.57 Å². The van der Waals surface area contributed by atoms with Crippen molar-refractivity contribution < 1.29 is 0 Å². The molecule has 2 rings (SSSR count). The third-order valence-electron chi connectivity index (χ3n) is 2.75. The van der Waals surface area contributed by atoms with Crippen LogP contribution in [0.5, 0.6) is 0 Å². The Morgan fingerprint density at radius 2 is 2.22 bits per heavy atom. The highest BCUT2D eigenvalue weighted by Crippen LogP contribution is 2.18. The predicted molar refractivity (Wildman–Crippen MR) is 71.3 cm³/mol. The number of hydrogen-bond acceptors (Lipinski definition) is 4. The zero-order chi connectivity index (χ0) is 13.0. The van der Waals surface area contributed by atoms with E-state index < -0.39 is 0 Å². The van der Waals surface area contributed by atoms with E-state index in [0.29, 0.717) is 11.4 Å². The molecular formula is C14H14N4. The Balaban J connectivity index is 2.42. The van der Waals surface area contributed by atoms with E-state index in [2.05, 4.69) is 29.0 Å². The SMILES string of the molecule is CC1=CC=C(c2ncc(C#N)c(N)n2)C=CCC1. The average Bonchev–Trinajstić information content (AvgIpc) is 2.34. The first-order chi connectivity index (χ1) is 8.70. The molecule has 0 aromatic carbocycles. The van der Waals surface area contributed by atoms with Gasteiger partial charge in [-0.1, -0.05) is 29.9 Å². The topological polar surface area (TPSA) is 75.6 Å². The zero-order valence-electron chi connectivity index (χ0n) is 10.2. The maximum absolute atomic E-state index is 8.79. The van der Waals surface area contributed by atoms with Gasteiger partial charge in [0, 0.05) is 5.57 Å². The number of rotatable bonds is 1. The monoisotopic (exact) mass is 238 g/mol. The number of nitrogen functional groups attached to an aromatic ring is 1. The number of nitriles is 1. The minimum Gasteiger partial charge on any atom is -0.382 e. The van der Waals surface area contributed by atoms with E-state index in [1.165, 1.54) is 11.8 Å². The van der Waals surface area contributed by atoms with Crippen molar-refractivity contribution in [1.29, 1.82) is 5.26 Å². The highest BCUT2D eigenvalue weighted by molar-refractivity contribution is 5.72. The first-order valence-electron chi connectivity index (χ1n) is 5.77. The molecule has 1 aliphatic rings. The lowest BCUT2D eigenvalue weighted by molar-refractivity contribution is 0.975. The van der Waals surface area contributed by atoms with Crippen LogP contribution in [0.3, 0.4) is 0 Å². The molecule has 1 aromatic rings. The average molecular weight is 238 g/mol. The third kappa shape index (κ3) is 2.64. The Bertz CT molecular complexity index is 588. The highest BCUT2D eigenvalue weighted by atomic mass is 14.9.